The molecule has 0 radical (unpaired) electrons. The number of aryl methyl sites for hydroxylation is 2. The van der Waals surface area contributed by atoms with Gasteiger partial charge in [-0.05, 0) is 49.7 Å². The maximum Gasteiger partial charge on any atom is 0.270 e. The summed E-state index contributed by atoms with van der Waals surface area (Å²) < 4.78 is 3.06. The molecule has 0 fully saturated rings. The van der Waals surface area contributed by atoms with Gasteiger partial charge in [-0.25, -0.2) is 9.97 Å². The van der Waals surface area contributed by atoms with Gasteiger partial charge in [0.1, 0.15) is 0 Å². The molecule has 0 atom stereocenters. The standard InChI is InChI=1S/C26H21N5O4S4/c1-14-3-6-18(15(2)9-14)28-24(33)13-37-25-29-19-7-4-16(10-21(19)38-25)27-23(32)12-36-26-30-20-8-5-17(31(34)35)11-22(20)39-26/h3-11H,12-13H2,1-2H3,(H,27,32)(H,28,33). The van der Waals surface area contributed by atoms with Gasteiger partial charge in [0.05, 0.1) is 36.9 Å². The number of thioether (sulfide) groups is 2. The Morgan fingerprint density at radius 2 is 1.46 bits per heavy atom. The molecule has 0 unspecified atom stereocenters. The summed E-state index contributed by atoms with van der Waals surface area (Å²) in [5, 5.41) is 16.8. The van der Waals surface area contributed by atoms with Crippen molar-refractivity contribution in [1.82, 2.24) is 9.97 Å². The molecule has 0 saturated carbocycles. The average Bonchev–Trinajstić information content (AvgIpc) is 3.50. The third kappa shape index (κ3) is 6.74. The van der Waals surface area contributed by atoms with Crippen molar-refractivity contribution >= 4 is 95.5 Å². The fraction of sp³-hybridized carbons (Fsp3) is 0.154. The smallest absolute Gasteiger partial charge is 0.270 e. The maximum atomic E-state index is 12.6. The van der Waals surface area contributed by atoms with Crippen LogP contribution in [0.5, 0.6) is 0 Å². The predicted molar refractivity (Wildman–Crippen MR) is 161 cm³/mol. The average molecular weight is 596 g/mol. The summed E-state index contributed by atoms with van der Waals surface area (Å²) >= 11 is 5.44. The van der Waals surface area contributed by atoms with E-state index in [0.717, 1.165) is 31.4 Å². The number of fused-ring (bicyclic) bond motifs is 2. The fourth-order valence-corrected chi connectivity index (χ4v) is 7.51. The number of non-ortho nitro benzene ring substituents is 1. The van der Waals surface area contributed by atoms with Crippen molar-refractivity contribution in [2.45, 2.75) is 22.5 Å². The van der Waals surface area contributed by atoms with Gasteiger partial charge >= 0.3 is 0 Å². The first-order valence-electron chi connectivity index (χ1n) is 11.6. The highest BCUT2D eigenvalue weighted by Crippen LogP contribution is 2.33. The molecule has 2 N–H and O–H groups in total. The van der Waals surface area contributed by atoms with Crippen LogP contribution in [0.3, 0.4) is 0 Å². The zero-order valence-electron chi connectivity index (χ0n) is 20.7. The van der Waals surface area contributed by atoms with Crippen molar-refractivity contribution < 1.29 is 14.5 Å². The topological polar surface area (TPSA) is 127 Å². The molecule has 0 aliphatic rings. The van der Waals surface area contributed by atoms with Crippen LogP contribution in [-0.2, 0) is 9.59 Å². The number of nitro benzene ring substituents is 1. The van der Waals surface area contributed by atoms with Crippen LogP contribution < -0.4 is 10.6 Å². The first-order valence-corrected chi connectivity index (χ1v) is 15.2. The van der Waals surface area contributed by atoms with Crippen molar-refractivity contribution in [1.29, 1.82) is 0 Å². The number of thiazole rings is 2. The lowest BCUT2D eigenvalue weighted by Gasteiger charge is -2.08. The zero-order valence-corrected chi connectivity index (χ0v) is 24.0. The maximum absolute atomic E-state index is 12.6. The summed E-state index contributed by atoms with van der Waals surface area (Å²) in [4.78, 5) is 44.5. The Bertz CT molecular complexity index is 1730. The van der Waals surface area contributed by atoms with Crippen LogP contribution in [0, 0.1) is 24.0 Å². The molecular weight excluding hydrogens is 575 g/mol. The van der Waals surface area contributed by atoms with E-state index < -0.39 is 4.92 Å². The molecule has 2 heterocycles. The van der Waals surface area contributed by atoms with Crippen LogP contribution in [0.2, 0.25) is 0 Å². The summed E-state index contributed by atoms with van der Waals surface area (Å²) in [5.41, 5.74) is 5.11. The van der Waals surface area contributed by atoms with E-state index in [1.165, 1.54) is 58.3 Å². The molecule has 0 aliphatic heterocycles. The first kappa shape index (κ1) is 27.1. The summed E-state index contributed by atoms with van der Waals surface area (Å²) in [5.74, 6) is 0.113. The Kier molecular flexibility index (Phi) is 8.12. The molecule has 13 heteroatoms. The van der Waals surface area contributed by atoms with Crippen molar-refractivity contribution in [2.24, 2.45) is 0 Å². The number of rotatable bonds is 9. The number of nitrogens with one attached hydrogen (secondary N) is 2. The lowest BCUT2D eigenvalue weighted by atomic mass is 10.1. The van der Waals surface area contributed by atoms with Crippen LogP contribution in [0.1, 0.15) is 11.1 Å². The molecule has 5 rings (SSSR count). The number of aromatic nitrogens is 2. The van der Waals surface area contributed by atoms with Crippen LogP contribution in [-0.4, -0.2) is 38.2 Å². The van der Waals surface area contributed by atoms with E-state index in [2.05, 4.69) is 20.6 Å². The molecule has 3 aromatic carbocycles. The molecule has 0 aliphatic carbocycles. The lowest BCUT2D eigenvalue weighted by Crippen LogP contribution is -2.14. The van der Waals surface area contributed by atoms with Crippen molar-refractivity contribution in [3.8, 4) is 0 Å². The minimum absolute atomic E-state index is 0.0149. The summed E-state index contributed by atoms with van der Waals surface area (Å²) in [6.07, 6.45) is 0. The highest BCUT2D eigenvalue weighted by molar-refractivity contribution is 8.02. The van der Waals surface area contributed by atoms with Gasteiger partial charge in [-0.1, -0.05) is 41.2 Å². The van der Waals surface area contributed by atoms with E-state index in [9.17, 15) is 19.7 Å². The van der Waals surface area contributed by atoms with E-state index in [1.54, 1.807) is 12.1 Å². The zero-order chi connectivity index (χ0) is 27.5. The lowest BCUT2D eigenvalue weighted by molar-refractivity contribution is -0.384. The van der Waals surface area contributed by atoms with Crippen molar-refractivity contribution in [3.63, 3.8) is 0 Å². The molecule has 0 spiro atoms. The Labute approximate surface area is 239 Å². The van der Waals surface area contributed by atoms with Gasteiger partial charge in [-0.15, -0.1) is 22.7 Å². The minimum Gasteiger partial charge on any atom is -0.325 e. The molecule has 0 saturated heterocycles. The van der Waals surface area contributed by atoms with Gasteiger partial charge in [0, 0.05) is 23.5 Å². The van der Waals surface area contributed by atoms with E-state index in [-0.39, 0.29) is 29.0 Å². The minimum atomic E-state index is -0.439. The number of carbonyl (C=O) groups excluding carboxylic acids is 2. The number of benzene rings is 3. The van der Waals surface area contributed by atoms with Crippen LogP contribution in [0.15, 0.2) is 63.3 Å². The van der Waals surface area contributed by atoms with Crippen LogP contribution in [0.25, 0.3) is 20.4 Å². The number of anilines is 2. The van der Waals surface area contributed by atoms with E-state index in [1.807, 2.05) is 44.2 Å². The second-order valence-corrected chi connectivity index (χ2v) is 13.0. The number of amides is 2. The third-order valence-electron chi connectivity index (χ3n) is 5.53. The molecule has 5 aromatic rings. The Hall–Kier alpha value is -3.52. The molecule has 198 valence electrons. The second-order valence-electron chi connectivity index (χ2n) is 8.54. The van der Waals surface area contributed by atoms with Crippen molar-refractivity contribution in [3.05, 3.63) is 75.8 Å². The number of nitro groups is 1. The Balaban J connectivity index is 1.15. The number of nitrogens with zero attached hydrogens (tertiary/aromatic N) is 3. The van der Waals surface area contributed by atoms with Gasteiger partial charge < -0.3 is 10.6 Å². The van der Waals surface area contributed by atoms with E-state index >= 15 is 0 Å². The highest BCUT2D eigenvalue weighted by atomic mass is 32.2. The normalized spacial score (nSPS) is 11.1. The quantitative estimate of drug-likeness (QED) is 0.107. The van der Waals surface area contributed by atoms with E-state index in [0.29, 0.717) is 20.2 Å². The molecule has 0 bridgehead atoms. The van der Waals surface area contributed by atoms with Gasteiger partial charge in [0.2, 0.25) is 11.8 Å². The summed E-state index contributed by atoms with van der Waals surface area (Å²) in [6, 6.07) is 15.9. The Morgan fingerprint density at radius 3 is 2.10 bits per heavy atom. The highest BCUT2D eigenvalue weighted by Gasteiger charge is 2.13. The predicted octanol–water partition coefficient (Wildman–Crippen LogP) is 6.89. The molecule has 2 amide bonds. The van der Waals surface area contributed by atoms with Gasteiger partial charge in [0.15, 0.2) is 8.68 Å². The molecule has 9 nitrogen and oxygen atoms in total. The second kappa shape index (κ2) is 11.7. The fourth-order valence-electron chi connectivity index (χ4n) is 3.70. The number of carbonyl (C=O) groups is 2. The number of hydrogen-bond donors (Lipinski definition) is 2. The molecule has 39 heavy (non-hydrogen) atoms. The summed E-state index contributed by atoms with van der Waals surface area (Å²) in [7, 11) is 0. The third-order valence-corrected chi connectivity index (χ3v) is 9.85. The first-order chi connectivity index (χ1) is 18.7. The van der Waals surface area contributed by atoms with Gasteiger partial charge in [-0.2, -0.15) is 0 Å². The monoisotopic (exact) mass is 595 g/mol. The van der Waals surface area contributed by atoms with E-state index in [4.69, 9.17) is 0 Å². The van der Waals surface area contributed by atoms with Crippen LogP contribution in [0.4, 0.5) is 17.1 Å². The number of hydrogen-bond acceptors (Lipinski definition) is 10. The molecule has 2 aromatic heterocycles. The molecular formula is C26H21N5O4S4. The SMILES string of the molecule is Cc1ccc(NC(=O)CSc2nc3ccc(NC(=O)CSc4nc5ccc([N+](=O)[O-])cc5s4)cc3s2)c(C)c1. The Morgan fingerprint density at radius 1 is 0.846 bits per heavy atom. The summed E-state index contributed by atoms with van der Waals surface area (Å²) in [6.45, 7) is 3.98. The van der Waals surface area contributed by atoms with Crippen molar-refractivity contribution in [2.75, 3.05) is 22.1 Å². The van der Waals surface area contributed by atoms with Crippen LogP contribution >= 0.6 is 46.2 Å². The van der Waals surface area contributed by atoms with Gasteiger partial charge in [0.25, 0.3) is 5.69 Å². The largest absolute Gasteiger partial charge is 0.325 e. The van der Waals surface area contributed by atoms with Gasteiger partial charge in [-0.3, -0.25) is 19.7 Å².